The number of hydrogen-bond acceptors (Lipinski definition) is 8. The molecule has 0 amide bonds. The number of phosphoric acid groups is 1. The molecule has 0 bridgehead atoms. The van der Waals surface area contributed by atoms with Gasteiger partial charge in [0, 0.05) is 12.8 Å². The van der Waals surface area contributed by atoms with Crippen LogP contribution in [0.3, 0.4) is 0 Å². The van der Waals surface area contributed by atoms with Crippen molar-refractivity contribution >= 4 is 19.8 Å². The molecule has 1 atom stereocenters. The van der Waals surface area contributed by atoms with E-state index < -0.39 is 32.5 Å². The fraction of sp³-hybridized carbons (Fsp3) is 0.886. The number of allylic oxidation sites excluding steroid dienone is 2. The maximum atomic E-state index is 12.3. The van der Waals surface area contributed by atoms with Gasteiger partial charge in [-0.2, -0.15) is 0 Å². The quantitative estimate of drug-likeness (QED) is 0.0300. The molecule has 0 radical (unpaired) electrons. The molecule has 0 aliphatic rings. The Hall–Kier alpha value is -1.21. The minimum absolute atomic E-state index is 0.174. The van der Waals surface area contributed by atoms with E-state index in [0.29, 0.717) is 12.8 Å². The van der Waals surface area contributed by atoms with E-state index in [1.807, 2.05) is 0 Å². The monoisotopic (exact) mass is 644 g/mol. The largest absolute Gasteiger partial charge is 0.790 e. The molecule has 0 spiro atoms. The number of ether oxygens (including phenoxy) is 2. The molecular formula is C35H65O8P-2. The SMILES string of the molecule is CCCCCC/C=C\CCCCCCCC(=O)O[C@H](COC(=O)CCCCCCCCCCCCCCC)COP(=O)([O-])[O-]. The topological polar surface area (TPSA) is 125 Å². The van der Waals surface area contributed by atoms with Gasteiger partial charge in [-0.15, -0.1) is 0 Å². The zero-order valence-corrected chi connectivity index (χ0v) is 29.1. The number of carbonyl (C=O) groups is 2. The van der Waals surface area contributed by atoms with Gasteiger partial charge in [-0.25, -0.2) is 0 Å². The lowest BCUT2D eigenvalue weighted by Crippen LogP contribution is -2.31. The fourth-order valence-electron chi connectivity index (χ4n) is 5.07. The van der Waals surface area contributed by atoms with Crippen molar-refractivity contribution in [3.63, 3.8) is 0 Å². The first kappa shape index (κ1) is 42.8. The van der Waals surface area contributed by atoms with Crippen LogP contribution in [-0.4, -0.2) is 31.3 Å². The third-order valence-electron chi connectivity index (χ3n) is 7.77. The normalized spacial score (nSPS) is 12.5. The van der Waals surface area contributed by atoms with Crippen LogP contribution in [0.25, 0.3) is 0 Å². The Morgan fingerprint density at radius 2 is 0.955 bits per heavy atom. The van der Waals surface area contributed by atoms with Crippen LogP contribution < -0.4 is 9.79 Å². The van der Waals surface area contributed by atoms with E-state index >= 15 is 0 Å². The van der Waals surface area contributed by atoms with Crippen molar-refractivity contribution in [2.75, 3.05) is 13.2 Å². The standard InChI is InChI=1S/C35H67O8P/c1-3-5-7-9-11-13-15-17-19-21-23-25-27-29-34(36)41-31-33(32-42-44(38,39)40)43-35(37)30-28-26-24-22-20-18-16-14-12-10-8-6-4-2/h14,16,33H,3-13,15,17-32H2,1-2H3,(H2,38,39,40)/p-2/b16-14-/t33-/m1/s1. The average molecular weight is 645 g/mol. The molecule has 0 aromatic heterocycles. The molecule has 0 heterocycles. The van der Waals surface area contributed by atoms with Crippen LogP contribution in [0.4, 0.5) is 0 Å². The lowest BCUT2D eigenvalue weighted by Gasteiger charge is -2.30. The van der Waals surface area contributed by atoms with Crippen molar-refractivity contribution in [2.45, 2.75) is 187 Å². The minimum atomic E-state index is -5.24. The zero-order valence-electron chi connectivity index (χ0n) is 28.2. The highest BCUT2D eigenvalue weighted by Crippen LogP contribution is 2.25. The molecule has 8 nitrogen and oxygen atoms in total. The van der Waals surface area contributed by atoms with Crippen molar-refractivity contribution in [3.8, 4) is 0 Å². The first-order valence-corrected chi connectivity index (χ1v) is 19.4. The summed E-state index contributed by atoms with van der Waals surface area (Å²) in [6, 6.07) is 0. The van der Waals surface area contributed by atoms with Crippen LogP contribution in [0.2, 0.25) is 0 Å². The number of phosphoric ester groups is 1. The van der Waals surface area contributed by atoms with E-state index in [-0.39, 0.29) is 19.4 Å². The van der Waals surface area contributed by atoms with E-state index in [9.17, 15) is 23.9 Å². The van der Waals surface area contributed by atoms with Crippen LogP contribution >= 0.6 is 7.82 Å². The van der Waals surface area contributed by atoms with Gasteiger partial charge >= 0.3 is 11.9 Å². The lowest BCUT2D eigenvalue weighted by atomic mass is 10.0. The van der Waals surface area contributed by atoms with Gasteiger partial charge in [-0.1, -0.05) is 142 Å². The molecule has 0 N–H and O–H groups in total. The van der Waals surface area contributed by atoms with E-state index in [1.165, 1.54) is 89.9 Å². The van der Waals surface area contributed by atoms with Gasteiger partial charge in [0.15, 0.2) is 6.10 Å². The molecule has 0 aliphatic heterocycles. The van der Waals surface area contributed by atoms with Crippen LogP contribution in [0.1, 0.15) is 181 Å². The van der Waals surface area contributed by atoms with Crippen molar-refractivity contribution in [1.29, 1.82) is 0 Å². The first-order chi connectivity index (χ1) is 21.3. The van der Waals surface area contributed by atoms with Gasteiger partial charge in [0.05, 0.1) is 14.4 Å². The van der Waals surface area contributed by atoms with Crippen LogP contribution in [0.15, 0.2) is 12.2 Å². The summed E-state index contributed by atoms with van der Waals surface area (Å²) >= 11 is 0. The second-order valence-electron chi connectivity index (χ2n) is 12.2. The molecule has 0 saturated heterocycles. The summed E-state index contributed by atoms with van der Waals surface area (Å²) in [4.78, 5) is 46.3. The van der Waals surface area contributed by atoms with Gasteiger partial charge in [0.1, 0.15) is 6.61 Å². The van der Waals surface area contributed by atoms with Crippen molar-refractivity contribution in [1.82, 2.24) is 0 Å². The summed E-state index contributed by atoms with van der Waals surface area (Å²) in [6.45, 7) is 3.46. The molecule has 260 valence electrons. The molecule has 44 heavy (non-hydrogen) atoms. The Bertz CT molecular complexity index is 736. The summed E-state index contributed by atoms with van der Waals surface area (Å²) in [5, 5.41) is 0. The third-order valence-corrected chi connectivity index (χ3v) is 8.24. The molecule has 0 aliphatic carbocycles. The van der Waals surface area contributed by atoms with Crippen molar-refractivity contribution in [3.05, 3.63) is 12.2 Å². The lowest BCUT2D eigenvalue weighted by molar-refractivity contribution is -0.343. The predicted octanol–water partition coefficient (Wildman–Crippen LogP) is 9.03. The number of hydrogen-bond donors (Lipinski definition) is 0. The summed E-state index contributed by atoms with van der Waals surface area (Å²) in [6.07, 6.45) is 31.7. The minimum Gasteiger partial charge on any atom is -0.790 e. The van der Waals surface area contributed by atoms with Crippen molar-refractivity contribution < 1.29 is 37.9 Å². The molecule has 0 rings (SSSR count). The summed E-state index contributed by atoms with van der Waals surface area (Å²) in [7, 11) is -5.24. The maximum Gasteiger partial charge on any atom is 0.306 e. The second kappa shape index (κ2) is 31.8. The zero-order chi connectivity index (χ0) is 32.6. The Balaban J connectivity index is 3.98. The number of rotatable bonds is 33. The highest BCUT2D eigenvalue weighted by Gasteiger charge is 2.18. The van der Waals surface area contributed by atoms with Gasteiger partial charge in [0.25, 0.3) is 0 Å². The van der Waals surface area contributed by atoms with E-state index in [1.54, 1.807) is 0 Å². The Morgan fingerprint density at radius 3 is 1.41 bits per heavy atom. The Labute approximate surface area is 269 Å². The molecule has 0 unspecified atom stereocenters. The third kappa shape index (κ3) is 33.7. The smallest absolute Gasteiger partial charge is 0.306 e. The highest BCUT2D eigenvalue weighted by atomic mass is 31.2. The highest BCUT2D eigenvalue weighted by molar-refractivity contribution is 7.43. The Morgan fingerprint density at radius 1 is 0.568 bits per heavy atom. The number of esters is 2. The van der Waals surface area contributed by atoms with E-state index in [2.05, 4.69) is 30.5 Å². The van der Waals surface area contributed by atoms with Gasteiger partial charge in [-0.3, -0.25) is 9.59 Å². The summed E-state index contributed by atoms with van der Waals surface area (Å²) < 4.78 is 25.7. The fourth-order valence-corrected chi connectivity index (χ4v) is 5.42. The Kier molecular flexibility index (Phi) is 30.9. The molecule has 0 aromatic carbocycles. The number of carbonyl (C=O) groups excluding carboxylic acids is 2. The van der Waals surface area contributed by atoms with Crippen LogP contribution in [-0.2, 0) is 28.2 Å². The van der Waals surface area contributed by atoms with Crippen LogP contribution in [0, 0.1) is 0 Å². The second-order valence-corrected chi connectivity index (χ2v) is 13.3. The van der Waals surface area contributed by atoms with Gasteiger partial charge in [0.2, 0.25) is 0 Å². The van der Waals surface area contributed by atoms with Gasteiger partial charge < -0.3 is 28.3 Å². The molecule has 0 saturated carbocycles. The van der Waals surface area contributed by atoms with Gasteiger partial charge in [-0.05, 0) is 38.5 Å². The molecule has 0 fully saturated rings. The average Bonchev–Trinajstić information content (AvgIpc) is 2.98. The van der Waals surface area contributed by atoms with E-state index in [4.69, 9.17) is 9.47 Å². The first-order valence-electron chi connectivity index (χ1n) is 17.9. The molecule has 9 heteroatoms. The summed E-state index contributed by atoms with van der Waals surface area (Å²) in [5.74, 6) is -0.961. The predicted molar refractivity (Wildman–Crippen MR) is 175 cm³/mol. The van der Waals surface area contributed by atoms with Crippen LogP contribution in [0.5, 0.6) is 0 Å². The van der Waals surface area contributed by atoms with Crippen molar-refractivity contribution in [2.24, 2.45) is 0 Å². The number of unbranched alkanes of at least 4 members (excludes halogenated alkanes) is 21. The molecule has 0 aromatic rings. The summed E-state index contributed by atoms with van der Waals surface area (Å²) in [5.41, 5.74) is 0. The molecular weight excluding hydrogens is 579 g/mol. The van der Waals surface area contributed by atoms with E-state index in [0.717, 1.165) is 51.4 Å². The maximum absolute atomic E-state index is 12.3.